The summed E-state index contributed by atoms with van der Waals surface area (Å²) >= 11 is 0. The minimum atomic E-state index is -0.320. The van der Waals surface area contributed by atoms with Crippen molar-refractivity contribution in [2.45, 2.75) is 0 Å². The molecule has 14 heteroatoms. The first-order chi connectivity index (χ1) is 51.8. The molecule has 510 valence electrons. The zero-order valence-electron chi connectivity index (χ0n) is 58.4. The number of amides is 4. The summed E-state index contributed by atoms with van der Waals surface area (Å²) in [6.07, 6.45) is 10.4. The number of hydrogen-bond acceptors (Lipinski definition) is 10. The van der Waals surface area contributed by atoms with Crippen molar-refractivity contribution in [1.82, 2.24) is 29.9 Å². The van der Waals surface area contributed by atoms with Gasteiger partial charge in [0.1, 0.15) is 0 Å². The van der Waals surface area contributed by atoms with Gasteiger partial charge in [0.15, 0.2) is 0 Å². The second-order valence-corrected chi connectivity index (χ2v) is 25.7. The summed E-state index contributed by atoms with van der Waals surface area (Å²) in [4.78, 5) is 94.0. The fourth-order valence-electron chi connectivity index (χ4n) is 13.0. The standard InChI is InChI=1S/C92H68N10O4/c1-99(75-39-45-85(95-57-75)61-21-9-5-10-22-61)89(103)71-49-69(50-72(53-71)90(104)100(2)76-40-46-86(96-58-76)62-23-11-6-12-24-62)81-31-19-17-29-79(81)67-37-43-83(93-55-67)65-33-35-66(36-34-65)84-44-38-68(56-94-84)80-30-18-20-32-82(80)70-51-73(91(105)101(3)77-41-47-87(97-59-77)63-25-13-7-14-26-63)54-74(52-70)92(106)102(4)78-42-48-88(98-60-78)64-27-15-8-16-28-64/h5-60H,1-4H3. The van der Waals surface area contributed by atoms with Crippen molar-refractivity contribution in [1.29, 1.82) is 0 Å². The van der Waals surface area contributed by atoms with Crippen molar-refractivity contribution >= 4 is 46.4 Å². The molecule has 9 aromatic carbocycles. The molecule has 0 N–H and O–H groups in total. The summed E-state index contributed by atoms with van der Waals surface area (Å²) in [5.41, 5.74) is 20.2. The van der Waals surface area contributed by atoms with Gasteiger partial charge < -0.3 is 19.6 Å². The topological polar surface area (TPSA) is 159 Å². The molecule has 0 atom stereocenters. The molecule has 0 aliphatic heterocycles. The highest BCUT2D eigenvalue weighted by molar-refractivity contribution is 6.13. The highest BCUT2D eigenvalue weighted by atomic mass is 16.2. The number of hydrogen-bond donors (Lipinski definition) is 0. The maximum atomic E-state index is 14.7. The van der Waals surface area contributed by atoms with E-state index in [0.717, 1.165) is 101 Å². The average Bonchev–Trinajstić information content (AvgIpc) is 0.782. The molecule has 0 saturated carbocycles. The molecule has 0 aliphatic carbocycles. The molecule has 0 bridgehead atoms. The molecule has 106 heavy (non-hydrogen) atoms. The van der Waals surface area contributed by atoms with E-state index < -0.39 is 0 Å². The van der Waals surface area contributed by atoms with Gasteiger partial charge in [-0.25, -0.2) is 0 Å². The van der Waals surface area contributed by atoms with Crippen LogP contribution in [0.1, 0.15) is 41.4 Å². The fraction of sp³-hybridized carbons (Fsp3) is 0.0435. The molecule has 15 rings (SSSR count). The van der Waals surface area contributed by atoms with Gasteiger partial charge in [0.2, 0.25) is 0 Å². The molecular weight excluding hydrogens is 1310 g/mol. The fourth-order valence-corrected chi connectivity index (χ4v) is 13.0. The van der Waals surface area contributed by atoms with Gasteiger partial charge in [0.05, 0.1) is 81.7 Å². The van der Waals surface area contributed by atoms with E-state index in [0.29, 0.717) is 56.1 Å². The van der Waals surface area contributed by atoms with Gasteiger partial charge in [-0.1, -0.05) is 206 Å². The lowest BCUT2D eigenvalue weighted by Gasteiger charge is -2.21. The van der Waals surface area contributed by atoms with Crippen molar-refractivity contribution in [2.75, 3.05) is 47.8 Å². The summed E-state index contributed by atoms with van der Waals surface area (Å²) in [5.74, 6) is -1.28. The van der Waals surface area contributed by atoms with Crippen LogP contribution >= 0.6 is 0 Å². The number of carbonyl (C=O) groups is 4. The van der Waals surface area contributed by atoms with Gasteiger partial charge in [-0.3, -0.25) is 49.1 Å². The van der Waals surface area contributed by atoms with Crippen LogP contribution in [0.5, 0.6) is 0 Å². The number of nitrogens with zero attached hydrogens (tertiary/aromatic N) is 10. The van der Waals surface area contributed by atoms with Crippen LogP contribution in [0.2, 0.25) is 0 Å². The lowest BCUT2D eigenvalue weighted by Crippen LogP contribution is -2.29. The van der Waals surface area contributed by atoms with E-state index in [2.05, 4.69) is 0 Å². The monoisotopic (exact) mass is 1380 g/mol. The van der Waals surface area contributed by atoms with E-state index >= 15 is 0 Å². The summed E-state index contributed by atoms with van der Waals surface area (Å²) in [5, 5.41) is 0. The predicted octanol–water partition coefficient (Wildman–Crippen LogP) is 19.8. The molecule has 0 radical (unpaired) electrons. The summed E-state index contributed by atoms with van der Waals surface area (Å²) in [6.45, 7) is 0. The van der Waals surface area contributed by atoms with Gasteiger partial charge in [-0.05, 0) is 130 Å². The van der Waals surface area contributed by atoms with Crippen LogP contribution in [-0.4, -0.2) is 81.7 Å². The van der Waals surface area contributed by atoms with Gasteiger partial charge in [-0.2, -0.15) is 0 Å². The first-order valence-electron chi connectivity index (χ1n) is 34.6. The van der Waals surface area contributed by atoms with Gasteiger partial charge >= 0.3 is 0 Å². The van der Waals surface area contributed by atoms with Crippen molar-refractivity contribution in [3.8, 4) is 112 Å². The van der Waals surface area contributed by atoms with Crippen molar-refractivity contribution in [3.63, 3.8) is 0 Å². The molecular formula is C92H68N10O4. The minimum absolute atomic E-state index is 0.316. The lowest BCUT2D eigenvalue weighted by molar-refractivity contribution is 0.0978. The maximum absolute atomic E-state index is 14.7. The minimum Gasteiger partial charge on any atom is -0.310 e. The Labute approximate surface area is 614 Å². The largest absolute Gasteiger partial charge is 0.310 e. The molecule has 0 unspecified atom stereocenters. The molecule has 14 nitrogen and oxygen atoms in total. The third kappa shape index (κ3) is 14.4. The molecule has 4 amide bonds. The number of aromatic nitrogens is 6. The highest BCUT2D eigenvalue weighted by Gasteiger charge is 2.25. The van der Waals surface area contributed by atoms with Crippen LogP contribution in [0.3, 0.4) is 0 Å². The Hall–Kier alpha value is -14.2. The third-order valence-corrected chi connectivity index (χ3v) is 19.0. The average molecular weight is 1380 g/mol. The molecule has 0 aliphatic rings. The number of rotatable bonds is 18. The van der Waals surface area contributed by atoms with Crippen molar-refractivity contribution in [2.24, 2.45) is 0 Å². The maximum Gasteiger partial charge on any atom is 0.258 e. The van der Waals surface area contributed by atoms with Crippen LogP contribution in [-0.2, 0) is 0 Å². The normalized spacial score (nSPS) is 11.0. The number of anilines is 4. The van der Waals surface area contributed by atoms with Gasteiger partial charge in [-0.15, -0.1) is 0 Å². The Morgan fingerprint density at radius 2 is 0.396 bits per heavy atom. The second-order valence-electron chi connectivity index (χ2n) is 25.7. The van der Waals surface area contributed by atoms with Crippen LogP contribution < -0.4 is 19.6 Å². The van der Waals surface area contributed by atoms with E-state index in [4.69, 9.17) is 29.9 Å². The van der Waals surface area contributed by atoms with Crippen molar-refractivity contribution in [3.05, 3.63) is 363 Å². The SMILES string of the molecule is CN(C(=O)c1cc(C(=O)N(C)c2ccc(-c3ccccc3)nc2)cc(-c2ccccc2-c2ccc(-c3ccc(-c4ccc(-c5ccccc5-c5cc(C(=O)N(C)c6ccc(-c7ccccc7)nc6)cc(C(=O)N(C)c6ccc(-c7ccccc7)nc6)c5)cn4)cc3)nc2)c1)c1ccc(-c2ccccc2)nc1. The molecule has 6 aromatic heterocycles. The van der Waals surface area contributed by atoms with E-state index in [1.165, 1.54) is 0 Å². The van der Waals surface area contributed by atoms with E-state index in [1.54, 1.807) is 84.7 Å². The third-order valence-electron chi connectivity index (χ3n) is 19.0. The number of carbonyl (C=O) groups excluding carboxylic acids is 4. The number of benzene rings is 9. The van der Waals surface area contributed by atoms with E-state index in [-0.39, 0.29) is 23.6 Å². The molecule has 0 fully saturated rings. The van der Waals surface area contributed by atoms with Crippen LogP contribution in [0.15, 0.2) is 340 Å². The summed E-state index contributed by atoms with van der Waals surface area (Å²) in [7, 11) is 6.83. The summed E-state index contributed by atoms with van der Waals surface area (Å²) in [6, 6.07) is 97.1. The predicted molar refractivity (Wildman–Crippen MR) is 424 cm³/mol. The van der Waals surface area contributed by atoms with Gasteiger partial charge in [0, 0.05) is 107 Å². The Morgan fingerprint density at radius 1 is 0.198 bits per heavy atom. The number of pyridine rings is 6. The van der Waals surface area contributed by atoms with Gasteiger partial charge in [0.25, 0.3) is 23.6 Å². The van der Waals surface area contributed by atoms with Crippen LogP contribution in [0.25, 0.3) is 112 Å². The summed E-state index contributed by atoms with van der Waals surface area (Å²) < 4.78 is 0. The smallest absolute Gasteiger partial charge is 0.258 e. The molecule has 15 aromatic rings. The highest BCUT2D eigenvalue weighted by Crippen LogP contribution is 2.38. The van der Waals surface area contributed by atoms with Crippen LogP contribution in [0, 0.1) is 0 Å². The second kappa shape index (κ2) is 30.1. The van der Waals surface area contributed by atoms with Crippen molar-refractivity contribution < 1.29 is 19.2 Å². The Bertz CT molecular complexity index is 5090. The first kappa shape index (κ1) is 67.6. The Kier molecular flexibility index (Phi) is 19.2. The molecule has 0 spiro atoms. The zero-order valence-corrected chi connectivity index (χ0v) is 58.4. The first-order valence-corrected chi connectivity index (χ1v) is 34.6. The molecule has 0 saturated heterocycles. The van der Waals surface area contributed by atoms with E-state index in [1.807, 2.05) is 304 Å². The quantitative estimate of drug-likeness (QED) is 0.0809. The van der Waals surface area contributed by atoms with E-state index in [9.17, 15) is 19.2 Å². The zero-order chi connectivity index (χ0) is 72.6. The Morgan fingerprint density at radius 3 is 0.613 bits per heavy atom. The van der Waals surface area contributed by atoms with Crippen LogP contribution in [0.4, 0.5) is 22.7 Å². The lowest BCUT2D eigenvalue weighted by atomic mass is 9.92. The Balaban J connectivity index is 0.687. The molecule has 6 heterocycles.